The molecule has 0 saturated carbocycles. The predicted octanol–water partition coefficient (Wildman–Crippen LogP) is 0.531. The van der Waals surface area contributed by atoms with Gasteiger partial charge < -0.3 is 10.4 Å². The number of aromatic nitrogens is 2. The first-order valence-electron chi connectivity index (χ1n) is 4.41. The number of nitrogens with zero attached hydrogens (tertiary/aromatic N) is 3. The Hall–Kier alpha value is -1.67. The first-order valence-corrected chi connectivity index (χ1v) is 4.41. The number of aliphatic hydroxyl groups is 1. The number of nitrogens with one attached hydrogen (secondary N) is 1. The SMILES string of the molecule is CC[C@@H](CO)Nc1ccc(C#N)nn1. The molecule has 0 amide bonds. The number of anilines is 1. The largest absolute Gasteiger partial charge is 0.394 e. The van der Waals surface area contributed by atoms with Gasteiger partial charge in [-0.15, -0.1) is 10.2 Å². The summed E-state index contributed by atoms with van der Waals surface area (Å²) < 4.78 is 0. The van der Waals surface area contributed by atoms with Crippen molar-refractivity contribution in [1.82, 2.24) is 10.2 Å². The first kappa shape index (κ1) is 10.4. The fourth-order valence-electron chi connectivity index (χ4n) is 0.955. The van der Waals surface area contributed by atoms with Crippen molar-refractivity contribution in [2.24, 2.45) is 0 Å². The molecule has 0 fully saturated rings. The van der Waals surface area contributed by atoms with E-state index in [1.165, 1.54) is 0 Å². The second-order valence-electron chi connectivity index (χ2n) is 2.85. The van der Waals surface area contributed by atoms with E-state index in [0.29, 0.717) is 5.82 Å². The summed E-state index contributed by atoms with van der Waals surface area (Å²) in [5.74, 6) is 0.574. The number of nitriles is 1. The number of aliphatic hydroxyl groups excluding tert-OH is 1. The molecule has 1 aromatic rings. The van der Waals surface area contributed by atoms with Crippen LogP contribution < -0.4 is 5.32 Å². The van der Waals surface area contributed by atoms with Crippen LogP contribution >= 0.6 is 0 Å². The monoisotopic (exact) mass is 192 g/mol. The summed E-state index contributed by atoms with van der Waals surface area (Å²) in [7, 11) is 0. The Balaban J connectivity index is 2.64. The highest BCUT2D eigenvalue weighted by molar-refractivity contribution is 5.36. The standard InChI is InChI=1S/C9H12N4O/c1-2-7(6-14)11-9-4-3-8(5-10)12-13-9/h3-4,7,14H,2,6H2,1H3,(H,11,13)/t7-/m0/s1. The van der Waals surface area contributed by atoms with E-state index in [4.69, 9.17) is 10.4 Å². The molecule has 1 heterocycles. The molecular formula is C9H12N4O. The molecule has 1 rings (SSSR count). The molecule has 5 heteroatoms. The third kappa shape index (κ3) is 2.68. The van der Waals surface area contributed by atoms with Crippen LogP contribution in [0.1, 0.15) is 19.0 Å². The Morgan fingerprint density at radius 1 is 1.57 bits per heavy atom. The van der Waals surface area contributed by atoms with Gasteiger partial charge in [-0.25, -0.2) is 0 Å². The van der Waals surface area contributed by atoms with Crippen molar-refractivity contribution in [3.05, 3.63) is 17.8 Å². The summed E-state index contributed by atoms with van der Waals surface area (Å²) in [6, 6.07) is 5.12. The van der Waals surface area contributed by atoms with Crippen molar-refractivity contribution >= 4 is 5.82 Å². The van der Waals surface area contributed by atoms with E-state index in [-0.39, 0.29) is 18.3 Å². The lowest BCUT2D eigenvalue weighted by Gasteiger charge is -2.13. The highest BCUT2D eigenvalue weighted by Crippen LogP contribution is 2.04. The number of hydrogen-bond acceptors (Lipinski definition) is 5. The van der Waals surface area contributed by atoms with Crippen molar-refractivity contribution in [3.8, 4) is 6.07 Å². The lowest BCUT2D eigenvalue weighted by atomic mass is 10.2. The van der Waals surface area contributed by atoms with Crippen LogP contribution in [0.5, 0.6) is 0 Å². The van der Waals surface area contributed by atoms with Crippen LogP contribution in [0.4, 0.5) is 5.82 Å². The summed E-state index contributed by atoms with van der Waals surface area (Å²) >= 11 is 0. The van der Waals surface area contributed by atoms with Crippen LogP contribution in [0.15, 0.2) is 12.1 Å². The molecule has 5 nitrogen and oxygen atoms in total. The van der Waals surface area contributed by atoms with E-state index < -0.39 is 0 Å². The molecule has 0 aliphatic rings. The number of hydrogen-bond donors (Lipinski definition) is 2. The zero-order chi connectivity index (χ0) is 10.4. The predicted molar refractivity (Wildman–Crippen MR) is 51.5 cm³/mol. The molecule has 0 saturated heterocycles. The molecule has 1 aromatic heterocycles. The summed E-state index contributed by atoms with van der Waals surface area (Å²) in [4.78, 5) is 0. The minimum absolute atomic E-state index is 0.0164. The van der Waals surface area contributed by atoms with Gasteiger partial charge in [0.05, 0.1) is 12.6 Å². The molecule has 0 unspecified atom stereocenters. The highest BCUT2D eigenvalue weighted by Gasteiger charge is 2.04. The van der Waals surface area contributed by atoms with E-state index in [0.717, 1.165) is 6.42 Å². The van der Waals surface area contributed by atoms with Gasteiger partial charge in [-0.1, -0.05) is 6.92 Å². The Labute approximate surface area is 82.4 Å². The zero-order valence-electron chi connectivity index (χ0n) is 7.94. The van der Waals surface area contributed by atoms with Crippen LogP contribution in [0.3, 0.4) is 0 Å². The zero-order valence-corrected chi connectivity index (χ0v) is 7.94. The van der Waals surface area contributed by atoms with E-state index in [9.17, 15) is 0 Å². The smallest absolute Gasteiger partial charge is 0.163 e. The third-order valence-electron chi connectivity index (χ3n) is 1.84. The molecule has 0 bridgehead atoms. The van der Waals surface area contributed by atoms with E-state index in [2.05, 4.69) is 15.5 Å². The first-order chi connectivity index (χ1) is 6.80. The van der Waals surface area contributed by atoms with Crippen LogP contribution in [0.25, 0.3) is 0 Å². The maximum Gasteiger partial charge on any atom is 0.163 e. The molecule has 0 radical (unpaired) electrons. The molecule has 0 aliphatic heterocycles. The van der Waals surface area contributed by atoms with Crippen LogP contribution in [0.2, 0.25) is 0 Å². The summed E-state index contributed by atoms with van der Waals surface area (Å²) in [5.41, 5.74) is 0.285. The van der Waals surface area contributed by atoms with Crippen molar-refractivity contribution in [2.75, 3.05) is 11.9 Å². The van der Waals surface area contributed by atoms with Crippen molar-refractivity contribution in [2.45, 2.75) is 19.4 Å². The van der Waals surface area contributed by atoms with Gasteiger partial charge in [0, 0.05) is 0 Å². The minimum atomic E-state index is -0.0164. The number of rotatable bonds is 4. The molecule has 2 N–H and O–H groups in total. The normalized spacial score (nSPS) is 11.8. The minimum Gasteiger partial charge on any atom is -0.394 e. The molecule has 0 aliphatic carbocycles. The lowest BCUT2D eigenvalue weighted by molar-refractivity contribution is 0.271. The Bertz CT molecular complexity index is 313. The van der Waals surface area contributed by atoms with Crippen LogP contribution in [0, 0.1) is 11.3 Å². The van der Waals surface area contributed by atoms with E-state index in [1.807, 2.05) is 13.0 Å². The van der Waals surface area contributed by atoms with Gasteiger partial charge in [-0.2, -0.15) is 5.26 Å². The summed E-state index contributed by atoms with van der Waals surface area (Å²) in [5, 5.41) is 27.9. The molecule has 1 atom stereocenters. The van der Waals surface area contributed by atoms with Gasteiger partial charge in [0.1, 0.15) is 11.9 Å². The van der Waals surface area contributed by atoms with Gasteiger partial charge in [-0.05, 0) is 18.6 Å². The Morgan fingerprint density at radius 2 is 2.36 bits per heavy atom. The van der Waals surface area contributed by atoms with Crippen LogP contribution in [-0.4, -0.2) is 28.0 Å². The van der Waals surface area contributed by atoms with Gasteiger partial charge in [-0.3, -0.25) is 0 Å². The summed E-state index contributed by atoms with van der Waals surface area (Å²) in [6.45, 7) is 2.02. The van der Waals surface area contributed by atoms with Gasteiger partial charge in [0.25, 0.3) is 0 Å². The maximum absolute atomic E-state index is 8.93. The van der Waals surface area contributed by atoms with E-state index >= 15 is 0 Å². The van der Waals surface area contributed by atoms with Gasteiger partial charge >= 0.3 is 0 Å². The summed E-state index contributed by atoms with van der Waals surface area (Å²) in [6.07, 6.45) is 0.804. The lowest BCUT2D eigenvalue weighted by Crippen LogP contribution is -2.23. The molecule has 74 valence electrons. The average molecular weight is 192 g/mol. The fourth-order valence-corrected chi connectivity index (χ4v) is 0.955. The van der Waals surface area contributed by atoms with Crippen molar-refractivity contribution in [1.29, 1.82) is 5.26 Å². The molecule has 14 heavy (non-hydrogen) atoms. The van der Waals surface area contributed by atoms with E-state index in [1.54, 1.807) is 12.1 Å². The van der Waals surface area contributed by atoms with Crippen molar-refractivity contribution < 1.29 is 5.11 Å². The second kappa shape index (κ2) is 5.14. The Kier molecular flexibility index (Phi) is 3.83. The Morgan fingerprint density at radius 3 is 2.79 bits per heavy atom. The van der Waals surface area contributed by atoms with Gasteiger partial charge in [0.15, 0.2) is 5.69 Å². The second-order valence-corrected chi connectivity index (χ2v) is 2.85. The average Bonchev–Trinajstić information content (AvgIpc) is 2.26. The topological polar surface area (TPSA) is 81.8 Å². The highest BCUT2D eigenvalue weighted by atomic mass is 16.3. The quantitative estimate of drug-likeness (QED) is 0.727. The molecular weight excluding hydrogens is 180 g/mol. The molecule has 0 aromatic carbocycles. The fraction of sp³-hybridized carbons (Fsp3) is 0.444. The maximum atomic E-state index is 8.93. The third-order valence-corrected chi connectivity index (χ3v) is 1.84. The molecule has 0 spiro atoms. The van der Waals surface area contributed by atoms with Crippen molar-refractivity contribution in [3.63, 3.8) is 0 Å². The van der Waals surface area contributed by atoms with Gasteiger partial charge in [0.2, 0.25) is 0 Å². The van der Waals surface area contributed by atoms with Crippen LogP contribution in [-0.2, 0) is 0 Å².